The van der Waals surface area contributed by atoms with E-state index in [4.69, 9.17) is 0 Å². The Morgan fingerprint density at radius 2 is 1.64 bits per heavy atom. The van der Waals surface area contributed by atoms with E-state index in [9.17, 15) is 14.4 Å². The zero-order valence-electron chi connectivity index (χ0n) is 15.3. The second-order valence-electron chi connectivity index (χ2n) is 6.08. The normalized spacial score (nSPS) is 10.2. The van der Waals surface area contributed by atoms with Crippen LogP contribution in [0.4, 0.5) is 21.3 Å². The fraction of sp³-hybridized carbons (Fsp3) is 0.100. The van der Waals surface area contributed by atoms with Crippen molar-refractivity contribution in [2.75, 3.05) is 16.0 Å². The van der Waals surface area contributed by atoms with Gasteiger partial charge in [-0.2, -0.15) is 0 Å². The van der Waals surface area contributed by atoms with Crippen LogP contribution < -0.4 is 16.0 Å². The molecule has 28 heavy (non-hydrogen) atoms. The van der Waals surface area contributed by atoms with Crippen molar-refractivity contribution in [2.24, 2.45) is 0 Å². The second kappa shape index (κ2) is 8.45. The van der Waals surface area contributed by atoms with Gasteiger partial charge in [0.05, 0.1) is 0 Å². The third kappa shape index (κ3) is 5.01. The quantitative estimate of drug-likeness (QED) is 0.553. The average Bonchev–Trinajstić information content (AvgIpc) is 3.10. The van der Waals surface area contributed by atoms with Crippen molar-refractivity contribution in [3.05, 3.63) is 70.7 Å². The van der Waals surface area contributed by atoms with Gasteiger partial charge < -0.3 is 10.6 Å². The van der Waals surface area contributed by atoms with Gasteiger partial charge in [-0.15, -0.1) is 11.3 Å². The van der Waals surface area contributed by atoms with Crippen LogP contribution >= 0.6 is 11.3 Å². The van der Waals surface area contributed by atoms with Gasteiger partial charge in [-0.3, -0.25) is 14.9 Å². The summed E-state index contributed by atoms with van der Waals surface area (Å²) in [5.74, 6) is -0.514. The number of aryl methyl sites for hydroxylation is 1. The van der Waals surface area contributed by atoms with E-state index >= 15 is 0 Å². The molecule has 3 aromatic rings. The number of hydrogen-bond donors (Lipinski definition) is 3. The van der Waals surface area contributed by atoms with E-state index in [2.05, 4.69) is 20.9 Å². The molecule has 142 valence electrons. The van der Waals surface area contributed by atoms with Crippen LogP contribution in [0.3, 0.4) is 0 Å². The van der Waals surface area contributed by atoms with Gasteiger partial charge in [-0.1, -0.05) is 24.3 Å². The van der Waals surface area contributed by atoms with Crippen LogP contribution in [-0.2, 0) is 0 Å². The van der Waals surface area contributed by atoms with E-state index in [1.165, 1.54) is 6.92 Å². The summed E-state index contributed by atoms with van der Waals surface area (Å²) in [6.45, 7) is 3.39. The Bertz CT molecular complexity index is 1050. The summed E-state index contributed by atoms with van der Waals surface area (Å²) >= 11 is 1.14. The van der Waals surface area contributed by atoms with E-state index in [1.54, 1.807) is 35.7 Å². The minimum atomic E-state index is -0.443. The van der Waals surface area contributed by atoms with E-state index < -0.39 is 11.9 Å². The van der Waals surface area contributed by atoms with Gasteiger partial charge in [0.25, 0.3) is 5.91 Å². The Balaban J connectivity index is 1.61. The van der Waals surface area contributed by atoms with Crippen LogP contribution in [0.15, 0.2) is 53.9 Å². The number of ketones is 1. The van der Waals surface area contributed by atoms with Crippen molar-refractivity contribution in [3.63, 3.8) is 0 Å². The number of nitrogens with zero attached hydrogens (tertiary/aromatic N) is 1. The van der Waals surface area contributed by atoms with Crippen molar-refractivity contribution < 1.29 is 14.4 Å². The number of nitrogens with one attached hydrogen (secondary N) is 3. The highest BCUT2D eigenvalue weighted by atomic mass is 32.1. The van der Waals surface area contributed by atoms with E-state index in [-0.39, 0.29) is 11.5 Å². The van der Waals surface area contributed by atoms with Crippen molar-refractivity contribution in [1.82, 2.24) is 4.98 Å². The fourth-order valence-electron chi connectivity index (χ4n) is 2.43. The van der Waals surface area contributed by atoms with Gasteiger partial charge in [0, 0.05) is 22.3 Å². The molecule has 0 fully saturated rings. The third-order valence-corrected chi connectivity index (χ3v) is 4.52. The molecule has 8 heteroatoms. The summed E-state index contributed by atoms with van der Waals surface area (Å²) in [5.41, 5.74) is 2.87. The van der Waals surface area contributed by atoms with Gasteiger partial charge >= 0.3 is 6.03 Å². The first-order valence-corrected chi connectivity index (χ1v) is 9.31. The maximum Gasteiger partial charge on any atom is 0.325 e. The Kier molecular flexibility index (Phi) is 5.81. The lowest BCUT2D eigenvalue weighted by Crippen LogP contribution is -2.19. The molecule has 3 N–H and O–H groups in total. The molecule has 0 radical (unpaired) electrons. The van der Waals surface area contributed by atoms with Crippen LogP contribution in [0, 0.1) is 6.92 Å². The number of carbonyl (C=O) groups excluding carboxylic acids is 3. The zero-order chi connectivity index (χ0) is 20.1. The first-order valence-electron chi connectivity index (χ1n) is 8.43. The standard InChI is InChI=1S/C20H18N4O3S/c1-12-5-3-7-15(9-12)22-19(27)24-20-23-17(11-28-20)18(26)21-16-8-4-6-14(10-16)13(2)25/h3-11H,1-2H3,(H,21,26)(H2,22,23,24,27). The summed E-state index contributed by atoms with van der Waals surface area (Å²) in [6.07, 6.45) is 0. The van der Waals surface area contributed by atoms with Crippen molar-refractivity contribution >= 4 is 45.6 Å². The van der Waals surface area contributed by atoms with Gasteiger partial charge in [0.15, 0.2) is 10.9 Å². The molecule has 3 rings (SSSR count). The SMILES string of the molecule is CC(=O)c1cccc(NC(=O)c2csc(NC(=O)Nc3cccc(C)c3)n2)c1. The molecule has 0 aliphatic heterocycles. The van der Waals surface area contributed by atoms with Crippen LogP contribution in [0.25, 0.3) is 0 Å². The number of Topliss-reactive ketones (excluding diaryl/α,β-unsaturated/α-hetero) is 1. The molecule has 0 aliphatic rings. The van der Waals surface area contributed by atoms with Crippen molar-refractivity contribution in [3.8, 4) is 0 Å². The number of anilines is 3. The number of thiazole rings is 1. The minimum Gasteiger partial charge on any atom is -0.321 e. The van der Waals surface area contributed by atoms with E-state index in [1.807, 2.05) is 25.1 Å². The maximum atomic E-state index is 12.3. The molecule has 7 nitrogen and oxygen atoms in total. The fourth-order valence-corrected chi connectivity index (χ4v) is 3.11. The summed E-state index contributed by atoms with van der Waals surface area (Å²) in [6, 6.07) is 13.6. The first kappa shape index (κ1) is 19.2. The predicted octanol–water partition coefficient (Wildman–Crippen LogP) is 4.55. The topological polar surface area (TPSA) is 100 Å². The monoisotopic (exact) mass is 394 g/mol. The molecule has 0 bridgehead atoms. The van der Waals surface area contributed by atoms with E-state index in [0.29, 0.717) is 22.1 Å². The van der Waals surface area contributed by atoms with Gasteiger partial charge in [-0.05, 0) is 43.7 Å². The molecule has 0 atom stereocenters. The Hall–Kier alpha value is -3.52. The molecular formula is C20H18N4O3S. The Morgan fingerprint density at radius 3 is 2.36 bits per heavy atom. The smallest absolute Gasteiger partial charge is 0.321 e. The summed E-state index contributed by atoms with van der Waals surface area (Å²) in [5, 5.41) is 9.85. The molecule has 2 aromatic carbocycles. The van der Waals surface area contributed by atoms with Crippen LogP contribution in [0.2, 0.25) is 0 Å². The molecule has 1 heterocycles. The van der Waals surface area contributed by atoms with Gasteiger partial charge in [0.2, 0.25) is 0 Å². The molecule has 1 aromatic heterocycles. The zero-order valence-corrected chi connectivity index (χ0v) is 16.1. The van der Waals surface area contributed by atoms with Crippen LogP contribution in [0.1, 0.15) is 33.3 Å². The number of amides is 3. The highest BCUT2D eigenvalue weighted by molar-refractivity contribution is 7.14. The van der Waals surface area contributed by atoms with Gasteiger partial charge in [-0.25, -0.2) is 9.78 Å². The Labute approximate surface area is 165 Å². The third-order valence-electron chi connectivity index (χ3n) is 3.76. The highest BCUT2D eigenvalue weighted by Crippen LogP contribution is 2.18. The summed E-state index contributed by atoms with van der Waals surface area (Å²) in [4.78, 5) is 40.0. The molecule has 0 saturated carbocycles. The number of carbonyl (C=O) groups is 3. The predicted molar refractivity (Wildman–Crippen MR) is 110 cm³/mol. The molecule has 0 unspecified atom stereocenters. The van der Waals surface area contributed by atoms with Crippen molar-refractivity contribution in [1.29, 1.82) is 0 Å². The highest BCUT2D eigenvalue weighted by Gasteiger charge is 2.13. The average molecular weight is 394 g/mol. The minimum absolute atomic E-state index is 0.0872. The van der Waals surface area contributed by atoms with Crippen LogP contribution in [-0.4, -0.2) is 22.7 Å². The maximum absolute atomic E-state index is 12.3. The number of hydrogen-bond acceptors (Lipinski definition) is 5. The number of aromatic nitrogens is 1. The lowest BCUT2D eigenvalue weighted by Gasteiger charge is -2.06. The largest absolute Gasteiger partial charge is 0.325 e. The lowest BCUT2D eigenvalue weighted by atomic mass is 10.1. The summed E-state index contributed by atoms with van der Waals surface area (Å²) < 4.78 is 0. The number of rotatable bonds is 5. The number of benzene rings is 2. The molecule has 0 aliphatic carbocycles. The first-order chi connectivity index (χ1) is 13.4. The van der Waals surface area contributed by atoms with Gasteiger partial charge in [0.1, 0.15) is 5.69 Å². The molecule has 3 amide bonds. The lowest BCUT2D eigenvalue weighted by molar-refractivity contribution is 0.100. The molecule has 0 spiro atoms. The van der Waals surface area contributed by atoms with Crippen molar-refractivity contribution in [2.45, 2.75) is 13.8 Å². The number of urea groups is 1. The summed E-state index contributed by atoms with van der Waals surface area (Å²) in [7, 11) is 0. The molecular weight excluding hydrogens is 376 g/mol. The van der Waals surface area contributed by atoms with E-state index in [0.717, 1.165) is 16.9 Å². The van der Waals surface area contributed by atoms with Crippen LogP contribution in [0.5, 0.6) is 0 Å². The Morgan fingerprint density at radius 1 is 0.929 bits per heavy atom. The molecule has 0 saturated heterocycles. The second-order valence-corrected chi connectivity index (χ2v) is 6.94.